The van der Waals surface area contributed by atoms with Crippen LogP contribution in [0.4, 0.5) is 11.4 Å². The quantitative estimate of drug-likeness (QED) is 0.527. The molecule has 1 N–H and O–H groups in total. The molecule has 0 radical (unpaired) electrons. The zero-order valence-corrected chi connectivity index (χ0v) is 20.3. The summed E-state index contributed by atoms with van der Waals surface area (Å²) in [4.78, 5) is 17.2. The molecule has 0 bridgehead atoms. The van der Waals surface area contributed by atoms with Gasteiger partial charge in [-0.1, -0.05) is 47.0 Å². The lowest BCUT2D eigenvalue weighted by Gasteiger charge is -2.36. The topological polar surface area (TPSA) is 69.7 Å². The van der Waals surface area contributed by atoms with Crippen molar-refractivity contribution in [2.45, 2.75) is 11.8 Å². The van der Waals surface area contributed by atoms with Crippen molar-refractivity contribution in [3.8, 4) is 0 Å². The molecule has 33 heavy (non-hydrogen) atoms. The van der Waals surface area contributed by atoms with Crippen molar-refractivity contribution in [1.29, 1.82) is 0 Å². The van der Waals surface area contributed by atoms with Crippen molar-refractivity contribution in [1.82, 2.24) is 4.90 Å². The normalized spacial score (nSPS) is 14.3. The lowest BCUT2D eigenvalue weighted by molar-refractivity contribution is 0.0747. The SMILES string of the molecule is Cc1ccc(S(=O)(=O)Nc2ccc(Cl)c(C(=O)N3CCN(c4cccc(Cl)c4)CC3)c2)cc1. The molecular weight excluding hydrogens is 481 g/mol. The summed E-state index contributed by atoms with van der Waals surface area (Å²) < 4.78 is 28.0. The summed E-state index contributed by atoms with van der Waals surface area (Å²) in [5.74, 6) is -0.234. The van der Waals surface area contributed by atoms with E-state index >= 15 is 0 Å². The number of anilines is 2. The van der Waals surface area contributed by atoms with Gasteiger partial charge in [-0.2, -0.15) is 0 Å². The second-order valence-corrected chi connectivity index (χ2v) is 10.4. The summed E-state index contributed by atoms with van der Waals surface area (Å²) in [5, 5.41) is 0.943. The molecule has 0 saturated carbocycles. The van der Waals surface area contributed by atoms with Gasteiger partial charge in [-0.15, -0.1) is 0 Å². The third-order valence-corrected chi connectivity index (χ3v) is 7.48. The van der Waals surface area contributed by atoms with Crippen LogP contribution >= 0.6 is 23.2 Å². The Morgan fingerprint density at radius 1 is 0.909 bits per heavy atom. The first-order valence-corrected chi connectivity index (χ1v) is 12.7. The van der Waals surface area contributed by atoms with E-state index in [-0.39, 0.29) is 27.1 Å². The van der Waals surface area contributed by atoms with E-state index in [1.807, 2.05) is 31.2 Å². The molecule has 1 fully saturated rings. The fourth-order valence-corrected chi connectivity index (χ4v) is 5.13. The first kappa shape index (κ1) is 23.4. The van der Waals surface area contributed by atoms with Gasteiger partial charge in [-0.05, 0) is 55.5 Å². The van der Waals surface area contributed by atoms with Crippen LogP contribution in [0.3, 0.4) is 0 Å². The number of halogens is 2. The van der Waals surface area contributed by atoms with E-state index in [0.717, 1.165) is 11.3 Å². The number of nitrogens with zero attached hydrogens (tertiary/aromatic N) is 2. The first-order chi connectivity index (χ1) is 15.7. The van der Waals surface area contributed by atoms with Crippen molar-refractivity contribution in [3.63, 3.8) is 0 Å². The highest BCUT2D eigenvalue weighted by Gasteiger charge is 2.25. The predicted octanol–water partition coefficient (Wildman–Crippen LogP) is 5.07. The lowest BCUT2D eigenvalue weighted by Crippen LogP contribution is -2.48. The van der Waals surface area contributed by atoms with Gasteiger partial charge in [0.1, 0.15) is 0 Å². The molecule has 3 aromatic carbocycles. The fraction of sp³-hybridized carbons (Fsp3) is 0.208. The molecule has 0 unspecified atom stereocenters. The van der Waals surface area contributed by atoms with Crippen molar-refractivity contribution in [3.05, 3.63) is 87.9 Å². The molecule has 1 aliphatic rings. The average molecular weight is 504 g/mol. The van der Waals surface area contributed by atoms with Crippen molar-refractivity contribution in [2.75, 3.05) is 35.8 Å². The summed E-state index contributed by atoms with van der Waals surface area (Å²) in [7, 11) is -3.79. The Morgan fingerprint density at radius 3 is 2.27 bits per heavy atom. The van der Waals surface area contributed by atoms with E-state index in [1.165, 1.54) is 12.1 Å². The number of piperazine rings is 1. The van der Waals surface area contributed by atoms with Crippen LogP contribution in [0, 0.1) is 6.92 Å². The van der Waals surface area contributed by atoms with E-state index in [9.17, 15) is 13.2 Å². The Balaban J connectivity index is 1.47. The largest absolute Gasteiger partial charge is 0.368 e. The maximum absolute atomic E-state index is 13.2. The van der Waals surface area contributed by atoms with Gasteiger partial charge < -0.3 is 9.80 Å². The maximum atomic E-state index is 13.2. The van der Waals surface area contributed by atoms with Crippen molar-refractivity contribution in [2.24, 2.45) is 0 Å². The molecule has 0 aromatic heterocycles. The zero-order valence-electron chi connectivity index (χ0n) is 18.0. The van der Waals surface area contributed by atoms with Crippen LogP contribution in [0.5, 0.6) is 0 Å². The average Bonchev–Trinajstić information content (AvgIpc) is 2.80. The highest BCUT2D eigenvalue weighted by atomic mass is 35.5. The van der Waals surface area contributed by atoms with E-state index in [2.05, 4.69) is 9.62 Å². The van der Waals surface area contributed by atoms with Gasteiger partial charge in [0, 0.05) is 42.6 Å². The summed E-state index contributed by atoms with van der Waals surface area (Å²) in [6.45, 7) is 4.23. The third-order valence-electron chi connectivity index (χ3n) is 5.52. The monoisotopic (exact) mass is 503 g/mol. The van der Waals surface area contributed by atoms with Crippen molar-refractivity contribution >= 4 is 50.5 Å². The number of hydrogen-bond acceptors (Lipinski definition) is 4. The Hall–Kier alpha value is -2.74. The molecule has 0 spiro atoms. The third kappa shape index (κ3) is 5.43. The van der Waals surface area contributed by atoms with Crippen molar-refractivity contribution < 1.29 is 13.2 Å². The summed E-state index contributed by atoms with van der Waals surface area (Å²) >= 11 is 12.4. The zero-order chi connectivity index (χ0) is 23.6. The Kier molecular flexibility index (Phi) is 6.83. The number of hydrogen-bond donors (Lipinski definition) is 1. The number of benzene rings is 3. The number of carbonyl (C=O) groups excluding carboxylic acids is 1. The van der Waals surface area contributed by atoms with Gasteiger partial charge in [-0.3, -0.25) is 9.52 Å². The van der Waals surface area contributed by atoms with E-state index in [1.54, 1.807) is 35.2 Å². The van der Waals surface area contributed by atoms with Gasteiger partial charge in [-0.25, -0.2) is 8.42 Å². The number of amides is 1. The molecule has 172 valence electrons. The van der Waals surface area contributed by atoms with E-state index < -0.39 is 10.0 Å². The van der Waals surface area contributed by atoms with Crippen LogP contribution < -0.4 is 9.62 Å². The molecule has 1 amide bonds. The number of carbonyl (C=O) groups is 1. The minimum Gasteiger partial charge on any atom is -0.368 e. The molecule has 1 aliphatic heterocycles. The lowest BCUT2D eigenvalue weighted by atomic mass is 10.1. The fourth-order valence-electron chi connectivity index (χ4n) is 3.70. The van der Waals surface area contributed by atoms with Gasteiger partial charge >= 0.3 is 0 Å². The van der Waals surface area contributed by atoms with Crippen LogP contribution in [0.2, 0.25) is 10.0 Å². The number of aryl methyl sites for hydroxylation is 1. The van der Waals surface area contributed by atoms with Crippen LogP contribution in [-0.2, 0) is 10.0 Å². The molecule has 1 saturated heterocycles. The molecule has 9 heteroatoms. The highest BCUT2D eigenvalue weighted by molar-refractivity contribution is 7.92. The minimum atomic E-state index is -3.79. The molecule has 0 aliphatic carbocycles. The Labute approximate surface area is 203 Å². The van der Waals surface area contributed by atoms with Crippen LogP contribution in [0.15, 0.2) is 71.6 Å². The summed E-state index contributed by atoms with van der Waals surface area (Å²) in [5.41, 5.74) is 2.52. The first-order valence-electron chi connectivity index (χ1n) is 10.4. The molecule has 3 aromatic rings. The number of nitrogens with one attached hydrogen (secondary N) is 1. The summed E-state index contributed by atoms with van der Waals surface area (Å²) in [6.07, 6.45) is 0. The smallest absolute Gasteiger partial charge is 0.261 e. The second kappa shape index (κ2) is 9.63. The maximum Gasteiger partial charge on any atom is 0.261 e. The Bertz CT molecular complexity index is 1270. The molecule has 6 nitrogen and oxygen atoms in total. The standard InChI is InChI=1S/C24H23Cl2N3O3S/c1-17-5-8-21(9-6-17)33(31,32)27-19-7-10-23(26)22(16-19)24(30)29-13-11-28(12-14-29)20-4-2-3-18(25)15-20/h2-10,15-16,27H,11-14H2,1H3. The van der Waals surface area contributed by atoms with Crippen LogP contribution in [0.1, 0.15) is 15.9 Å². The number of sulfonamides is 1. The highest BCUT2D eigenvalue weighted by Crippen LogP contribution is 2.26. The van der Waals surface area contributed by atoms with Gasteiger partial charge in [0.25, 0.3) is 15.9 Å². The van der Waals surface area contributed by atoms with Crippen LogP contribution in [0.25, 0.3) is 0 Å². The Morgan fingerprint density at radius 2 is 1.61 bits per heavy atom. The molecular formula is C24H23Cl2N3O3S. The van der Waals surface area contributed by atoms with E-state index in [0.29, 0.717) is 31.2 Å². The summed E-state index contributed by atoms with van der Waals surface area (Å²) in [6, 6.07) is 18.7. The van der Waals surface area contributed by atoms with Gasteiger partial charge in [0.2, 0.25) is 0 Å². The molecule has 4 rings (SSSR count). The van der Waals surface area contributed by atoms with Gasteiger partial charge in [0.05, 0.1) is 15.5 Å². The second-order valence-electron chi connectivity index (χ2n) is 7.87. The molecule has 0 atom stereocenters. The van der Waals surface area contributed by atoms with Gasteiger partial charge in [0.15, 0.2) is 0 Å². The van der Waals surface area contributed by atoms with Crippen LogP contribution in [-0.4, -0.2) is 45.4 Å². The van der Waals surface area contributed by atoms with E-state index in [4.69, 9.17) is 23.2 Å². The minimum absolute atomic E-state index is 0.146. The predicted molar refractivity (Wildman–Crippen MR) is 133 cm³/mol. The number of rotatable bonds is 5. The molecule has 1 heterocycles.